The number of rotatable bonds is 3. The molecule has 8 aromatic carbocycles. The molecule has 0 aliphatic rings. The van der Waals surface area contributed by atoms with Crippen LogP contribution in [0, 0.1) is 0 Å². The summed E-state index contributed by atoms with van der Waals surface area (Å²) in [5, 5.41) is 9.64. The summed E-state index contributed by atoms with van der Waals surface area (Å²) in [5.41, 5.74) is 10.3. The van der Waals surface area contributed by atoms with Crippen LogP contribution < -0.4 is 0 Å². The van der Waals surface area contributed by atoms with Crippen molar-refractivity contribution < 1.29 is 0 Å². The summed E-state index contributed by atoms with van der Waals surface area (Å²) in [6.45, 7) is 0. The summed E-state index contributed by atoms with van der Waals surface area (Å²) in [6, 6.07) is 55.0. The van der Waals surface area contributed by atoms with Crippen molar-refractivity contribution in [3.63, 3.8) is 0 Å². The topological polar surface area (TPSA) is 30.7 Å². The van der Waals surface area contributed by atoms with Gasteiger partial charge in [-0.25, -0.2) is 0 Å². The molecule has 2 aromatic heterocycles. The lowest BCUT2D eigenvalue weighted by Crippen LogP contribution is -1.95. The van der Waals surface area contributed by atoms with Gasteiger partial charge in [-0.3, -0.25) is 9.97 Å². The van der Waals surface area contributed by atoms with Gasteiger partial charge in [-0.05, 0) is 74.8 Å². The molecule has 3 heteroatoms. The zero-order chi connectivity index (χ0) is 30.9. The lowest BCUT2D eigenvalue weighted by molar-refractivity contribution is 1.20. The molecule has 0 N–H and O–H groups in total. The van der Waals surface area contributed by atoms with Gasteiger partial charge in [-0.15, -0.1) is 0 Å². The fourth-order valence-electron chi connectivity index (χ4n) is 7.50. The van der Waals surface area contributed by atoms with Gasteiger partial charge in [0.25, 0.3) is 0 Å². The molecule has 0 spiro atoms. The first-order valence-corrected chi connectivity index (χ1v) is 16.0. The van der Waals surface area contributed by atoms with E-state index >= 15 is 0 Å². The highest BCUT2D eigenvalue weighted by Crippen LogP contribution is 2.39. The maximum absolute atomic E-state index is 4.73. The SMILES string of the molecule is c1cc(-c2ccc3c(c2)c2ccccc2c2nccnc32)cc(-c2ccc3c(c2)c2ccccc2n3-c2cccc3ccccc23)c1. The number of aromatic nitrogens is 3. The Labute approximate surface area is 271 Å². The van der Waals surface area contributed by atoms with Crippen LogP contribution in [-0.4, -0.2) is 14.5 Å². The van der Waals surface area contributed by atoms with Crippen LogP contribution in [-0.2, 0) is 0 Å². The third-order valence-electron chi connectivity index (χ3n) is 9.65. The number of hydrogen-bond acceptors (Lipinski definition) is 2. The van der Waals surface area contributed by atoms with Crippen molar-refractivity contribution in [3.8, 4) is 27.9 Å². The molecule has 0 atom stereocenters. The predicted molar refractivity (Wildman–Crippen MR) is 197 cm³/mol. The van der Waals surface area contributed by atoms with Crippen LogP contribution in [0.2, 0.25) is 0 Å². The van der Waals surface area contributed by atoms with Gasteiger partial charge in [0.15, 0.2) is 0 Å². The van der Waals surface area contributed by atoms with Crippen molar-refractivity contribution in [2.24, 2.45) is 0 Å². The Morgan fingerprint density at radius 1 is 0.340 bits per heavy atom. The van der Waals surface area contributed by atoms with E-state index in [1.807, 2.05) is 0 Å². The van der Waals surface area contributed by atoms with Gasteiger partial charge in [0.2, 0.25) is 0 Å². The predicted octanol–water partition coefficient (Wildman–Crippen LogP) is 11.5. The Balaban J connectivity index is 1.14. The summed E-state index contributed by atoms with van der Waals surface area (Å²) in [6.07, 6.45) is 3.56. The number of benzene rings is 8. The van der Waals surface area contributed by atoms with E-state index < -0.39 is 0 Å². The number of hydrogen-bond donors (Lipinski definition) is 0. The Hall–Kier alpha value is -6.32. The van der Waals surface area contributed by atoms with Crippen LogP contribution >= 0.6 is 0 Å². The minimum atomic E-state index is 0.942. The maximum Gasteiger partial charge on any atom is 0.0971 e. The van der Waals surface area contributed by atoms with Crippen LogP contribution in [0.15, 0.2) is 164 Å². The summed E-state index contributed by atoms with van der Waals surface area (Å²) in [5.74, 6) is 0. The molecule has 0 radical (unpaired) electrons. The molecular weight excluding hydrogens is 571 g/mol. The molecule has 0 aliphatic carbocycles. The normalized spacial score (nSPS) is 11.8. The lowest BCUT2D eigenvalue weighted by atomic mass is 9.94. The van der Waals surface area contributed by atoms with Crippen molar-refractivity contribution in [3.05, 3.63) is 164 Å². The van der Waals surface area contributed by atoms with Gasteiger partial charge < -0.3 is 4.57 Å². The average molecular weight is 598 g/mol. The second-order valence-corrected chi connectivity index (χ2v) is 12.2. The van der Waals surface area contributed by atoms with Crippen molar-refractivity contribution in [2.45, 2.75) is 0 Å². The quantitative estimate of drug-likeness (QED) is 0.190. The lowest BCUT2D eigenvalue weighted by Gasteiger charge is -2.12. The van der Waals surface area contributed by atoms with E-state index in [0.717, 1.165) is 21.8 Å². The molecule has 0 bridgehead atoms. The zero-order valence-corrected chi connectivity index (χ0v) is 25.4. The van der Waals surface area contributed by atoms with Gasteiger partial charge in [0.05, 0.1) is 27.8 Å². The monoisotopic (exact) mass is 597 g/mol. The van der Waals surface area contributed by atoms with Crippen molar-refractivity contribution in [1.82, 2.24) is 14.5 Å². The van der Waals surface area contributed by atoms with Crippen LogP contribution in [0.1, 0.15) is 0 Å². The molecule has 0 saturated heterocycles. The van der Waals surface area contributed by atoms with E-state index in [0.29, 0.717) is 0 Å². The van der Waals surface area contributed by atoms with E-state index in [1.165, 1.54) is 71.3 Å². The molecule has 10 aromatic rings. The van der Waals surface area contributed by atoms with E-state index in [4.69, 9.17) is 9.97 Å². The molecule has 218 valence electrons. The first-order chi connectivity index (χ1) is 23.3. The second-order valence-electron chi connectivity index (χ2n) is 12.2. The van der Waals surface area contributed by atoms with Gasteiger partial charge in [-0.2, -0.15) is 0 Å². The largest absolute Gasteiger partial charge is 0.309 e. The summed E-state index contributed by atoms with van der Waals surface area (Å²) < 4.78 is 2.42. The fraction of sp³-hybridized carbons (Fsp3) is 0. The highest BCUT2D eigenvalue weighted by molar-refractivity contribution is 6.23. The first kappa shape index (κ1) is 26.0. The van der Waals surface area contributed by atoms with Crippen LogP contribution in [0.4, 0.5) is 0 Å². The van der Waals surface area contributed by atoms with E-state index in [2.05, 4.69) is 156 Å². The van der Waals surface area contributed by atoms with Gasteiger partial charge in [0.1, 0.15) is 0 Å². The highest BCUT2D eigenvalue weighted by Gasteiger charge is 2.16. The standard InChI is InChI=1S/C44H27N3/c1-2-13-33-28(9-1)10-8-18-40(33)47-41-17-6-5-15-35(41)39-27-32(20-22-42(39)47)30-12-7-11-29(25-30)31-19-21-37-38(26-31)34-14-3-4-16-36(34)43-44(37)46-24-23-45-43/h1-27H. The smallest absolute Gasteiger partial charge is 0.0971 e. The molecule has 0 saturated carbocycles. The Kier molecular flexibility index (Phi) is 5.57. The third-order valence-corrected chi connectivity index (χ3v) is 9.65. The molecule has 2 heterocycles. The third kappa shape index (κ3) is 3.93. The molecular formula is C44H27N3. The molecule has 3 nitrogen and oxygen atoms in total. The van der Waals surface area contributed by atoms with Gasteiger partial charge in [0, 0.05) is 39.3 Å². The molecule has 0 aliphatic heterocycles. The first-order valence-electron chi connectivity index (χ1n) is 16.0. The van der Waals surface area contributed by atoms with Crippen LogP contribution in [0.25, 0.3) is 93.1 Å². The minimum Gasteiger partial charge on any atom is -0.309 e. The molecule has 47 heavy (non-hydrogen) atoms. The van der Waals surface area contributed by atoms with E-state index in [9.17, 15) is 0 Å². The number of nitrogens with zero attached hydrogens (tertiary/aromatic N) is 3. The van der Waals surface area contributed by atoms with Gasteiger partial charge >= 0.3 is 0 Å². The van der Waals surface area contributed by atoms with Crippen molar-refractivity contribution in [2.75, 3.05) is 0 Å². The van der Waals surface area contributed by atoms with Crippen LogP contribution in [0.5, 0.6) is 0 Å². The zero-order valence-electron chi connectivity index (χ0n) is 25.4. The number of para-hydroxylation sites is 1. The maximum atomic E-state index is 4.73. The molecule has 0 amide bonds. The summed E-state index contributed by atoms with van der Waals surface area (Å²) >= 11 is 0. The average Bonchev–Trinajstić information content (AvgIpc) is 3.48. The molecule has 0 unspecified atom stereocenters. The Bertz CT molecular complexity index is 2820. The minimum absolute atomic E-state index is 0.942. The summed E-state index contributed by atoms with van der Waals surface area (Å²) in [4.78, 5) is 9.43. The molecule has 10 rings (SSSR count). The van der Waals surface area contributed by atoms with Crippen molar-refractivity contribution >= 4 is 65.2 Å². The fourth-order valence-corrected chi connectivity index (χ4v) is 7.50. The van der Waals surface area contributed by atoms with Crippen molar-refractivity contribution in [1.29, 1.82) is 0 Å². The Morgan fingerprint density at radius 3 is 1.70 bits per heavy atom. The second kappa shape index (κ2) is 10.1. The number of fused-ring (bicyclic) bond motifs is 10. The highest BCUT2D eigenvalue weighted by atomic mass is 15.0. The summed E-state index contributed by atoms with van der Waals surface area (Å²) in [7, 11) is 0. The van der Waals surface area contributed by atoms with Gasteiger partial charge in [-0.1, -0.05) is 115 Å². The van der Waals surface area contributed by atoms with E-state index in [1.54, 1.807) is 12.4 Å². The van der Waals surface area contributed by atoms with Crippen LogP contribution in [0.3, 0.4) is 0 Å². The molecule has 0 fully saturated rings. The van der Waals surface area contributed by atoms with E-state index in [-0.39, 0.29) is 0 Å². The Morgan fingerprint density at radius 2 is 0.894 bits per heavy atom.